The number of hydrogen-bond acceptors (Lipinski definition) is 2. The average molecular weight is 201 g/mol. The second-order valence-electron chi connectivity index (χ2n) is 2.70. The number of carboxylic acid groups (broad SMARTS) is 1. The van der Waals surface area contributed by atoms with Gasteiger partial charge in [0, 0.05) is 6.42 Å². The van der Waals surface area contributed by atoms with E-state index in [9.17, 15) is 4.79 Å². The molecule has 0 aliphatic carbocycles. The third-order valence-corrected chi connectivity index (χ3v) is 1.94. The van der Waals surface area contributed by atoms with Gasteiger partial charge in [-0.15, -0.1) is 12.4 Å². The summed E-state index contributed by atoms with van der Waals surface area (Å²) in [4.78, 5) is 10.7. The maximum absolute atomic E-state index is 10.7. The first-order valence-electron chi connectivity index (χ1n) is 3.77. The minimum Gasteiger partial charge on any atom is -0.492 e. The first-order valence-corrected chi connectivity index (χ1v) is 3.77. The number of aromatic carboxylic acids is 1. The minimum absolute atomic E-state index is 0. The summed E-state index contributed by atoms with van der Waals surface area (Å²) in [7, 11) is 0. The van der Waals surface area contributed by atoms with Gasteiger partial charge in [-0.3, -0.25) is 0 Å². The summed E-state index contributed by atoms with van der Waals surface area (Å²) in [5, 5.41) is 8.77. The molecule has 70 valence electrons. The number of benzene rings is 1. The monoisotopic (exact) mass is 200 g/mol. The highest BCUT2D eigenvalue weighted by atomic mass is 35.5. The fraction of sp³-hybridized carbons (Fsp3) is 0.222. The van der Waals surface area contributed by atoms with Crippen LogP contribution in [0.15, 0.2) is 18.2 Å². The van der Waals surface area contributed by atoms with E-state index in [1.54, 1.807) is 12.1 Å². The first-order chi connectivity index (χ1) is 5.79. The molecule has 2 rings (SSSR count). The SMILES string of the molecule is Cl.O=C(O)c1cccc2c1OCC2. The van der Waals surface area contributed by atoms with Gasteiger partial charge in [-0.2, -0.15) is 0 Å². The predicted octanol–water partition coefficient (Wildman–Crippen LogP) is 1.74. The number of halogens is 1. The Balaban J connectivity index is 0.000000845. The highest BCUT2D eigenvalue weighted by molar-refractivity contribution is 5.91. The van der Waals surface area contributed by atoms with Crippen LogP contribution in [0.25, 0.3) is 0 Å². The van der Waals surface area contributed by atoms with Gasteiger partial charge in [0.15, 0.2) is 0 Å². The van der Waals surface area contributed by atoms with Crippen molar-refractivity contribution in [2.75, 3.05) is 6.61 Å². The largest absolute Gasteiger partial charge is 0.492 e. The zero-order chi connectivity index (χ0) is 8.55. The second-order valence-corrected chi connectivity index (χ2v) is 2.70. The van der Waals surface area contributed by atoms with E-state index in [1.807, 2.05) is 6.07 Å². The van der Waals surface area contributed by atoms with E-state index in [4.69, 9.17) is 9.84 Å². The molecule has 1 heterocycles. The molecule has 1 aromatic rings. The van der Waals surface area contributed by atoms with E-state index in [-0.39, 0.29) is 18.0 Å². The van der Waals surface area contributed by atoms with Crippen LogP contribution < -0.4 is 4.74 Å². The number of carboxylic acids is 1. The summed E-state index contributed by atoms with van der Waals surface area (Å²) >= 11 is 0. The molecule has 0 spiro atoms. The number of hydrogen-bond donors (Lipinski definition) is 1. The lowest BCUT2D eigenvalue weighted by atomic mass is 10.1. The van der Waals surface area contributed by atoms with Gasteiger partial charge < -0.3 is 9.84 Å². The molecule has 0 saturated carbocycles. The van der Waals surface area contributed by atoms with Gasteiger partial charge in [0.05, 0.1) is 6.61 Å². The Labute approximate surface area is 81.7 Å². The number of para-hydroxylation sites is 1. The summed E-state index contributed by atoms with van der Waals surface area (Å²) < 4.78 is 5.21. The van der Waals surface area contributed by atoms with Crippen molar-refractivity contribution in [3.05, 3.63) is 29.3 Å². The summed E-state index contributed by atoms with van der Waals surface area (Å²) in [6, 6.07) is 5.21. The highest BCUT2D eigenvalue weighted by Gasteiger charge is 2.19. The van der Waals surface area contributed by atoms with Crippen molar-refractivity contribution in [2.45, 2.75) is 6.42 Å². The van der Waals surface area contributed by atoms with Crippen molar-refractivity contribution >= 4 is 18.4 Å². The third-order valence-electron chi connectivity index (χ3n) is 1.94. The van der Waals surface area contributed by atoms with Crippen LogP contribution in [0.3, 0.4) is 0 Å². The Hall–Kier alpha value is -1.22. The maximum Gasteiger partial charge on any atom is 0.339 e. The van der Waals surface area contributed by atoms with E-state index < -0.39 is 5.97 Å². The van der Waals surface area contributed by atoms with Crippen LogP contribution in [-0.4, -0.2) is 17.7 Å². The molecule has 3 nitrogen and oxygen atoms in total. The first kappa shape index (κ1) is 9.86. The number of carbonyl (C=O) groups is 1. The Morgan fingerprint density at radius 1 is 1.46 bits per heavy atom. The summed E-state index contributed by atoms with van der Waals surface area (Å²) in [6.45, 7) is 0.597. The Morgan fingerprint density at radius 2 is 2.23 bits per heavy atom. The van der Waals surface area contributed by atoms with Crippen LogP contribution in [0.1, 0.15) is 15.9 Å². The third kappa shape index (κ3) is 1.60. The van der Waals surface area contributed by atoms with Crippen molar-refractivity contribution < 1.29 is 14.6 Å². The maximum atomic E-state index is 10.7. The molecule has 13 heavy (non-hydrogen) atoms. The number of ether oxygens (including phenoxy) is 1. The molecule has 1 N–H and O–H groups in total. The fourth-order valence-electron chi connectivity index (χ4n) is 1.38. The van der Waals surface area contributed by atoms with Crippen molar-refractivity contribution in [2.24, 2.45) is 0 Å². The number of fused-ring (bicyclic) bond motifs is 1. The minimum atomic E-state index is -0.922. The van der Waals surface area contributed by atoms with Crippen molar-refractivity contribution in [3.8, 4) is 5.75 Å². The van der Waals surface area contributed by atoms with Crippen LogP contribution in [0.5, 0.6) is 5.75 Å². The molecule has 0 amide bonds. The lowest BCUT2D eigenvalue weighted by molar-refractivity contribution is 0.0693. The molecule has 0 saturated heterocycles. The molecule has 0 radical (unpaired) electrons. The van der Waals surface area contributed by atoms with Crippen molar-refractivity contribution in [1.29, 1.82) is 0 Å². The van der Waals surface area contributed by atoms with Gasteiger partial charge in [0.1, 0.15) is 11.3 Å². The Bertz CT molecular complexity index is 336. The van der Waals surface area contributed by atoms with E-state index in [2.05, 4.69) is 0 Å². The van der Waals surface area contributed by atoms with E-state index in [0.29, 0.717) is 12.4 Å². The van der Waals surface area contributed by atoms with Crippen molar-refractivity contribution in [1.82, 2.24) is 0 Å². The standard InChI is InChI=1S/C9H8O3.ClH/c10-9(11)7-3-1-2-6-4-5-12-8(6)7;/h1-3H,4-5H2,(H,10,11);1H. The van der Waals surface area contributed by atoms with Gasteiger partial charge in [-0.05, 0) is 11.6 Å². The van der Waals surface area contributed by atoms with Crippen molar-refractivity contribution in [3.63, 3.8) is 0 Å². The Kier molecular flexibility index (Phi) is 2.78. The second kappa shape index (κ2) is 3.66. The molecular formula is C9H9ClO3. The topological polar surface area (TPSA) is 46.5 Å². The summed E-state index contributed by atoms with van der Waals surface area (Å²) in [5.74, 6) is -0.376. The molecule has 0 bridgehead atoms. The number of rotatable bonds is 1. The Morgan fingerprint density at radius 3 is 2.92 bits per heavy atom. The normalized spacial score (nSPS) is 12.6. The molecule has 1 aromatic carbocycles. The smallest absolute Gasteiger partial charge is 0.339 e. The molecular weight excluding hydrogens is 192 g/mol. The summed E-state index contributed by atoms with van der Waals surface area (Å²) in [5.41, 5.74) is 1.26. The zero-order valence-electron chi connectivity index (χ0n) is 6.82. The van der Waals surface area contributed by atoms with Crippen LogP contribution >= 0.6 is 12.4 Å². The zero-order valence-corrected chi connectivity index (χ0v) is 7.63. The lowest BCUT2D eigenvalue weighted by Crippen LogP contribution is -1.99. The lowest BCUT2D eigenvalue weighted by Gasteiger charge is -2.01. The molecule has 1 aliphatic heterocycles. The molecule has 4 heteroatoms. The average Bonchev–Trinajstić information content (AvgIpc) is 2.49. The van der Waals surface area contributed by atoms with Gasteiger partial charge in [0.2, 0.25) is 0 Å². The quantitative estimate of drug-likeness (QED) is 0.751. The van der Waals surface area contributed by atoms with Gasteiger partial charge >= 0.3 is 5.97 Å². The molecule has 0 aromatic heterocycles. The molecule has 0 unspecified atom stereocenters. The van der Waals surface area contributed by atoms with Gasteiger partial charge in [0.25, 0.3) is 0 Å². The fourth-order valence-corrected chi connectivity index (χ4v) is 1.38. The van der Waals surface area contributed by atoms with Crippen LogP contribution in [-0.2, 0) is 6.42 Å². The molecule has 0 atom stereocenters. The highest BCUT2D eigenvalue weighted by Crippen LogP contribution is 2.28. The van der Waals surface area contributed by atoms with Gasteiger partial charge in [-0.25, -0.2) is 4.79 Å². The molecule has 1 aliphatic rings. The van der Waals surface area contributed by atoms with E-state index in [1.165, 1.54) is 0 Å². The van der Waals surface area contributed by atoms with Gasteiger partial charge in [-0.1, -0.05) is 12.1 Å². The summed E-state index contributed by atoms with van der Waals surface area (Å²) in [6.07, 6.45) is 0.816. The van der Waals surface area contributed by atoms with E-state index >= 15 is 0 Å². The predicted molar refractivity (Wildman–Crippen MR) is 49.8 cm³/mol. The van der Waals surface area contributed by atoms with Crippen LogP contribution in [0, 0.1) is 0 Å². The molecule has 0 fully saturated rings. The van der Waals surface area contributed by atoms with Crippen LogP contribution in [0.2, 0.25) is 0 Å². The van der Waals surface area contributed by atoms with Crippen LogP contribution in [0.4, 0.5) is 0 Å². The van der Waals surface area contributed by atoms with E-state index in [0.717, 1.165) is 12.0 Å².